The van der Waals surface area contributed by atoms with E-state index in [1.165, 1.54) is 6.92 Å². The molecular formula is C10H19NO4. The van der Waals surface area contributed by atoms with E-state index in [1.54, 1.807) is 0 Å². The van der Waals surface area contributed by atoms with Crippen LogP contribution in [-0.2, 0) is 14.3 Å². The second kappa shape index (κ2) is 7.23. The van der Waals surface area contributed by atoms with Gasteiger partial charge in [0.1, 0.15) is 6.61 Å². The van der Waals surface area contributed by atoms with Gasteiger partial charge in [0.25, 0.3) is 0 Å². The summed E-state index contributed by atoms with van der Waals surface area (Å²) in [5, 5.41) is 11.3. The van der Waals surface area contributed by atoms with Crippen molar-refractivity contribution in [3.8, 4) is 0 Å². The smallest absolute Gasteiger partial charge is 0.332 e. The zero-order chi connectivity index (χ0) is 11.8. The molecule has 0 saturated carbocycles. The molecule has 0 rings (SSSR count). The summed E-state index contributed by atoms with van der Waals surface area (Å²) in [5.74, 6) is -1.33. The van der Waals surface area contributed by atoms with Crippen LogP contribution >= 0.6 is 0 Å². The first-order chi connectivity index (χ1) is 7.01. The Morgan fingerprint density at radius 2 is 1.87 bits per heavy atom. The molecule has 0 aliphatic carbocycles. The van der Waals surface area contributed by atoms with Crippen LogP contribution in [-0.4, -0.2) is 35.7 Å². The average molecular weight is 217 g/mol. The first kappa shape index (κ1) is 13.9. The highest BCUT2D eigenvalue weighted by molar-refractivity contribution is 5.78. The van der Waals surface area contributed by atoms with E-state index in [0.29, 0.717) is 0 Å². The minimum Gasteiger partial charge on any atom is -0.479 e. The van der Waals surface area contributed by atoms with E-state index in [2.05, 4.69) is 5.32 Å². The average Bonchev–Trinajstić information content (AvgIpc) is 2.22. The van der Waals surface area contributed by atoms with Crippen LogP contribution in [0.2, 0.25) is 0 Å². The third kappa shape index (κ3) is 6.06. The van der Waals surface area contributed by atoms with E-state index >= 15 is 0 Å². The highest BCUT2D eigenvalue weighted by Gasteiger charge is 2.14. The first-order valence-corrected chi connectivity index (χ1v) is 5.15. The Balaban J connectivity index is 3.79. The Bertz CT molecular complexity index is 213. The van der Waals surface area contributed by atoms with Crippen molar-refractivity contribution in [2.45, 2.75) is 45.8 Å². The van der Waals surface area contributed by atoms with Crippen LogP contribution in [0.5, 0.6) is 0 Å². The molecule has 0 unspecified atom stereocenters. The van der Waals surface area contributed by atoms with Gasteiger partial charge in [-0.25, -0.2) is 4.79 Å². The molecule has 88 valence electrons. The van der Waals surface area contributed by atoms with Gasteiger partial charge in [-0.15, -0.1) is 0 Å². The molecule has 5 heteroatoms. The van der Waals surface area contributed by atoms with Crippen molar-refractivity contribution in [3.63, 3.8) is 0 Å². The normalized spacial score (nSPS) is 12.5. The summed E-state index contributed by atoms with van der Waals surface area (Å²) in [6.07, 6.45) is 0.769. The molecule has 1 amide bonds. The predicted octanol–water partition coefficient (Wildman–Crippen LogP) is 0.781. The van der Waals surface area contributed by atoms with Crippen LogP contribution < -0.4 is 5.32 Å². The van der Waals surface area contributed by atoms with Crippen LogP contribution in [0, 0.1) is 0 Å². The standard InChI is InChI=1S/C10H19NO4/c1-4-8(5-2)11-9(12)6-15-7(3)10(13)14/h7-8H,4-6H2,1-3H3,(H,11,12)(H,13,14)/t7-/m0/s1. The monoisotopic (exact) mass is 217 g/mol. The Hall–Kier alpha value is -1.10. The molecule has 0 spiro atoms. The SMILES string of the molecule is CCC(CC)NC(=O)CO[C@@H](C)C(=O)O. The van der Waals surface area contributed by atoms with E-state index in [0.717, 1.165) is 12.8 Å². The number of rotatable bonds is 7. The van der Waals surface area contributed by atoms with E-state index in [9.17, 15) is 9.59 Å². The highest BCUT2D eigenvalue weighted by Crippen LogP contribution is 1.96. The van der Waals surface area contributed by atoms with Crippen LogP contribution in [0.1, 0.15) is 33.6 Å². The third-order valence-corrected chi connectivity index (χ3v) is 2.16. The van der Waals surface area contributed by atoms with Crippen LogP contribution in [0.4, 0.5) is 0 Å². The number of hydrogen-bond acceptors (Lipinski definition) is 3. The topological polar surface area (TPSA) is 75.6 Å². The highest BCUT2D eigenvalue weighted by atomic mass is 16.5. The first-order valence-electron chi connectivity index (χ1n) is 5.15. The van der Waals surface area contributed by atoms with Gasteiger partial charge in [-0.3, -0.25) is 4.79 Å². The predicted molar refractivity (Wildman–Crippen MR) is 55.6 cm³/mol. The van der Waals surface area contributed by atoms with Gasteiger partial charge in [-0.2, -0.15) is 0 Å². The molecule has 0 radical (unpaired) electrons. The summed E-state index contributed by atoms with van der Waals surface area (Å²) < 4.78 is 4.84. The number of nitrogens with one attached hydrogen (secondary N) is 1. The van der Waals surface area contributed by atoms with Gasteiger partial charge in [0.15, 0.2) is 6.10 Å². The van der Waals surface area contributed by atoms with Gasteiger partial charge in [0, 0.05) is 6.04 Å². The van der Waals surface area contributed by atoms with Gasteiger partial charge in [0.2, 0.25) is 5.91 Å². The molecule has 0 aromatic carbocycles. The molecule has 15 heavy (non-hydrogen) atoms. The van der Waals surface area contributed by atoms with Crippen molar-refractivity contribution in [1.82, 2.24) is 5.32 Å². The van der Waals surface area contributed by atoms with Gasteiger partial charge < -0.3 is 15.2 Å². The Labute approximate surface area is 89.8 Å². The lowest BCUT2D eigenvalue weighted by atomic mass is 10.2. The van der Waals surface area contributed by atoms with Crippen molar-refractivity contribution >= 4 is 11.9 Å². The summed E-state index contributed by atoms with van der Waals surface area (Å²) in [4.78, 5) is 21.7. The molecule has 0 aliphatic heterocycles. The summed E-state index contributed by atoms with van der Waals surface area (Å²) in [7, 11) is 0. The van der Waals surface area contributed by atoms with E-state index in [-0.39, 0.29) is 18.6 Å². The third-order valence-electron chi connectivity index (χ3n) is 2.16. The molecule has 0 bridgehead atoms. The zero-order valence-corrected chi connectivity index (χ0v) is 9.45. The van der Waals surface area contributed by atoms with E-state index in [1.807, 2.05) is 13.8 Å². The molecule has 2 N–H and O–H groups in total. The molecule has 1 atom stereocenters. The lowest BCUT2D eigenvalue weighted by Gasteiger charge is -2.15. The number of carboxylic acid groups (broad SMARTS) is 1. The number of carboxylic acids is 1. The maximum atomic E-state index is 11.3. The van der Waals surface area contributed by atoms with Crippen LogP contribution in [0.25, 0.3) is 0 Å². The second-order valence-electron chi connectivity index (χ2n) is 3.37. The molecule has 0 aromatic rings. The van der Waals surface area contributed by atoms with Crippen molar-refractivity contribution < 1.29 is 19.4 Å². The van der Waals surface area contributed by atoms with Crippen LogP contribution in [0.3, 0.4) is 0 Å². The summed E-state index contributed by atoms with van der Waals surface area (Å²) in [6.45, 7) is 5.15. The number of hydrogen-bond donors (Lipinski definition) is 2. The molecule has 0 aromatic heterocycles. The fourth-order valence-electron chi connectivity index (χ4n) is 1.03. The summed E-state index contributed by atoms with van der Waals surface area (Å²) in [6, 6.07) is 0.140. The Kier molecular flexibility index (Phi) is 6.70. The zero-order valence-electron chi connectivity index (χ0n) is 9.45. The number of carbonyl (C=O) groups is 2. The van der Waals surface area contributed by atoms with E-state index in [4.69, 9.17) is 9.84 Å². The van der Waals surface area contributed by atoms with Gasteiger partial charge >= 0.3 is 5.97 Å². The number of ether oxygens (including phenoxy) is 1. The summed E-state index contributed by atoms with van der Waals surface area (Å²) in [5.41, 5.74) is 0. The maximum Gasteiger partial charge on any atom is 0.332 e. The van der Waals surface area contributed by atoms with Gasteiger partial charge in [0.05, 0.1) is 0 Å². The number of aliphatic carboxylic acids is 1. The molecule has 0 saturated heterocycles. The molecule has 0 fully saturated rings. The Morgan fingerprint density at radius 1 is 1.33 bits per heavy atom. The van der Waals surface area contributed by atoms with Crippen molar-refractivity contribution in [3.05, 3.63) is 0 Å². The van der Waals surface area contributed by atoms with Gasteiger partial charge in [-0.1, -0.05) is 13.8 Å². The lowest BCUT2D eigenvalue weighted by molar-refractivity contribution is -0.150. The largest absolute Gasteiger partial charge is 0.479 e. The molecular weight excluding hydrogens is 198 g/mol. The maximum absolute atomic E-state index is 11.3. The van der Waals surface area contributed by atoms with Crippen molar-refractivity contribution in [2.75, 3.05) is 6.61 Å². The second-order valence-corrected chi connectivity index (χ2v) is 3.37. The minimum atomic E-state index is -1.06. The number of amides is 1. The van der Waals surface area contributed by atoms with Crippen molar-refractivity contribution in [1.29, 1.82) is 0 Å². The van der Waals surface area contributed by atoms with Crippen LogP contribution in [0.15, 0.2) is 0 Å². The minimum absolute atomic E-state index is 0.140. The quantitative estimate of drug-likeness (QED) is 0.660. The Morgan fingerprint density at radius 3 is 2.27 bits per heavy atom. The molecule has 0 heterocycles. The fraction of sp³-hybridized carbons (Fsp3) is 0.800. The molecule has 5 nitrogen and oxygen atoms in total. The van der Waals surface area contributed by atoms with Gasteiger partial charge in [-0.05, 0) is 19.8 Å². The number of carbonyl (C=O) groups excluding carboxylic acids is 1. The lowest BCUT2D eigenvalue weighted by Crippen LogP contribution is -2.37. The fourth-order valence-corrected chi connectivity index (χ4v) is 1.03. The van der Waals surface area contributed by atoms with E-state index < -0.39 is 12.1 Å². The summed E-state index contributed by atoms with van der Waals surface area (Å²) >= 11 is 0. The molecule has 0 aliphatic rings. The van der Waals surface area contributed by atoms with Crippen molar-refractivity contribution in [2.24, 2.45) is 0 Å².